The van der Waals surface area contributed by atoms with E-state index < -0.39 is 0 Å². The SMILES string of the molecule is CCOc1ccc(CN(C)C(C)C(=O)Nc2ccc(C)cc2C)cc1. The first kappa shape index (κ1) is 19.0. The second kappa shape index (κ2) is 8.67. The lowest BCUT2D eigenvalue weighted by Crippen LogP contribution is -2.39. The van der Waals surface area contributed by atoms with Gasteiger partial charge in [0.05, 0.1) is 12.6 Å². The summed E-state index contributed by atoms with van der Waals surface area (Å²) < 4.78 is 5.46. The average molecular weight is 340 g/mol. The molecule has 1 atom stereocenters. The Morgan fingerprint density at radius 3 is 2.44 bits per heavy atom. The topological polar surface area (TPSA) is 41.6 Å². The van der Waals surface area contributed by atoms with Gasteiger partial charge < -0.3 is 10.1 Å². The van der Waals surface area contributed by atoms with Gasteiger partial charge in [0.25, 0.3) is 0 Å². The van der Waals surface area contributed by atoms with Gasteiger partial charge in [0.15, 0.2) is 0 Å². The van der Waals surface area contributed by atoms with Gasteiger partial charge in [-0.15, -0.1) is 0 Å². The number of nitrogens with zero attached hydrogens (tertiary/aromatic N) is 1. The Morgan fingerprint density at radius 1 is 1.16 bits per heavy atom. The van der Waals surface area contributed by atoms with E-state index in [1.54, 1.807) is 0 Å². The van der Waals surface area contributed by atoms with Crippen molar-refractivity contribution in [1.82, 2.24) is 4.90 Å². The van der Waals surface area contributed by atoms with Gasteiger partial charge in [-0.3, -0.25) is 9.69 Å². The van der Waals surface area contributed by atoms with Crippen molar-refractivity contribution in [3.8, 4) is 5.75 Å². The average Bonchev–Trinajstić information content (AvgIpc) is 2.58. The third kappa shape index (κ3) is 5.33. The van der Waals surface area contributed by atoms with Crippen molar-refractivity contribution in [3.05, 3.63) is 59.2 Å². The second-order valence-electron chi connectivity index (χ2n) is 6.48. The molecule has 2 aromatic carbocycles. The van der Waals surface area contributed by atoms with Crippen LogP contribution in [0.5, 0.6) is 5.75 Å². The molecule has 1 unspecified atom stereocenters. The fourth-order valence-corrected chi connectivity index (χ4v) is 2.67. The molecule has 1 N–H and O–H groups in total. The highest BCUT2D eigenvalue weighted by molar-refractivity contribution is 5.95. The number of nitrogens with one attached hydrogen (secondary N) is 1. The highest BCUT2D eigenvalue weighted by Crippen LogP contribution is 2.18. The van der Waals surface area contributed by atoms with Gasteiger partial charge in [-0.25, -0.2) is 0 Å². The highest BCUT2D eigenvalue weighted by Gasteiger charge is 2.18. The number of anilines is 1. The molecule has 0 aliphatic heterocycles. The number of ether oxygens (including phenoxy) is 1. The summed E-state index contributed by atoms with van der Waals surface area (Å²) in [5.74, 6) is 0.870. The third-order valence-corrected chi connectivity index (χ3v) is 4.35. The van der Waals surface area contributed by atoms with Crippen LogP contribution in [0.4, 0.5) is 5.69 Å². The van der Waals surface area contributed by atoms with Crippen LogP contribution in [0.3, 0.4) is 0 Å². The zero-order valence-corrected chi connectivity index (χ0v) is 15.8. The van der Waals surface area contributed by atoms with E-state index in [2.05, 4.69) is 11.4 Å². The number of benzene rings is 2. The van der Waals surface area contributed by atoms with Crippen LogP contribution >= 0.6 is 0 Å². The minimum absolute atomic E-state index is 0.000361. The van der Waals surface area contributed by atoms with Crippen LogP contribution in [0.2, 0.25) is 0 Å². The van der Waals surface area contributed by atoms with Crippen molar-refractivity contribution in [2.75, 3.05) is 19.0 Å². The largest absolute Gasteiger partial charge is 0.494 e. The van der Waals surface area contributed by atoms with Gasteiger partial charge in [0.2, 0.25) is 5.91 Å². The molecule has 4 nitrogen and oxygen atoms in total. The molecule has 0 spiro atoms. The van der Waals surface area contributed by atoms with Crippen LogP contribution < -0.4 is 10.1 Å². The summed E-state index contributed by atoms with van der Waals surface area (Å²) in [7, 11) is 1.96. The first-order valence-electron chi connectivity index (χ1n) is 8.70. The first-order chi connectivity index (χ1) is 11.9. The third-order valence-electron chi connectivity index (χ3n) is 4.35. The Labute approximate surface area is 150 Å². The van der Waals surface area contributed by atoms with Crippen molar-refractivity contribution in [2.24, 2.45) is 0 Å². The van der Waals surface area contributed by atoms with Gasteiger partial charge in [0.1, 0.15) is 5.75 Å². The molecule has 0 fully saturated rings. The number of aryl methyl sites for hydroxylation is 2. The molecule has 0 radical (unpaired) electrons. The lowest BCUT2D eigenvalue weighted by molar-refractivity contribution is -0.120. The Balaban J connectivity index is 1.96. The van der Waals surface area contributed by atoms with Crippen LogP contribution in [0.15, 0.2) is 42.5 Å². The summed E-state index contributed by atoms with van der Waals surface area (Å²) >= 11 is 0. The number of hydrogen-bond acceptors (Lipinski definition) is 3. The molecule has 0 aliphatic carbocycles. The molecular formula is C21H28N2O2. The van der Waals surface area contributed by atoms with E-state index in [1.807, 2.05) is 76.0 Å². The maximum absolute atomic E-state index is 12.5. The zero-order chi connectivity index (χ0) is 18.4. The number of rotatable bonds is 7. The summed E-state index contributed by atoms with van der Waals surface area (Å²) in [6.45, 7) is 9.32. The molecule has 0 heterocycles. The van der Waals surface area contributed by atoms with Crippen LogP contribution in [-0.2, 0) is 11.3 Å². The van der Waals surface area contributed by atoms with Crippen LogP contribution in [0, 0.1) is 13.8 Å². The quantitative estimate of drug-likeness (QED) is 0.823. The molecule has 0 bridgehead atoms. The number of amides is 1. The molecular weight excluding hydrogens is 312 g/mol. The fraction of sp³-hybridized carbons (Fsp3) is 0.381. The molecule has 2 rings (SSSR count). The van der Waals surface area contributed by atoms with E-state index in [1.165, 1.54) is 5.56 Å². The van der Waals surface area contributed by atoms with E-state index in [0.29, 0.717) is 13.2 Å². The summed E-state index contributed by atoms with van der Waals surface area (Å²) in [4.78, 5) is 14.6. The van der Waals surface area contributed by atoms with Crippen molar-refractivity contribution in [2.45, 2.75) is 40.3 Å². The lowest BCUT2D eigenvalue weighted by atomic mass is 10.1. The summed E-state index contributed by atoms with van der Waals surface area (Å²) in [6, 6.07) is 13.8. The van der Waals surface area contributed by atoms with Crippen molar-refractivity contribution < 1.29 is 9.53 Å². The molecule has 1 amide bonds. The minimum Gasteiger partial charge on any atom is -0.494 e. The standard InChI is InChI=1S/C21H28N2O2/c1-6-25-19-10-8-18(9-11-19)14-23(5)17(4)21(24)22-20-12-7-15(2)13-16(20)3/h7-13,17H,6,14H2,1-5H3,(H,22,24). The predicted octanol–water partition coefficient (Wildman–Crippen LogP) is 4.16. The van der Waals surface area contributed by atoms with Gasteiger partial charge >= 0.3 is 0 Å². The van der Waals surface area contributed by atoms with E-state index >= 15 is 0 Å². The Hall–Kier alpha value is -2.33. The van der Waals surface area contributed by atoms with Crippen molar-refractivity contribution >= 4 is 11.6 Å². The van der Waals surface area contributed by atoms with Gasteiger partial charge in [-0.2, -0.15) is 0 Å². The number of carbonyl (C=O) groups is 1. The maximum atomic E-state index is 12.5. The molecule has 0 aliphatic rings. The van der Waals surface area contributed by atoms with Crippen LogP contribution in [-0.4, -0.2) is 30.5 Å². The summed E-state index contributed by atoms with van der Waals surface area (Å²) in [5.41, 5.74) is 4.29. The first-order valence-corrected chi connectivity index (χ1v) is 8.70. The normalized spacial score (nSPS) is 12.1. The summed E-state index contributed by atoms with van der Waals surface area (Å²) in [6.07, 6.45) is 0. The molecule has 0 saturated heterocycles. The molecule has 2 aromatic rings. The van der Waals surface area contributed by atoms with E-state index in [4.69, 9.17) is 4.74 Å². The number of likely N-dealkylation sites (N-methyl/N-ethyl adjacent to an activating group) is 1. The van der Waals surface area contributed by atoms with Crippen molar-refractivity contribution in [3.63, 3.8) is 0 Å². The highest BCUT2D eigenvalue weighted by atomic mass is 16.5. The minimum atomic E-state index is -0.229. The van der Waals surface area contributed by atoms with Crippen LogP contribution in [0.1, 0.15) is 30.5 Å². The smallest absolute Gasteiger partial charge is 0.241 e. The Morgan fingerprint density at radius 2 is 1.84 bits per heavy atom. The van der Waals surface area contributed by atoms with Gasteiger partial charge in [0, 0.05) is 12.2 Å². The molecule has 134 valence electrons. The van der Waals surface area contributed by atoms with E-state index in [9.17, 15) is 4.79 Å². The molecule has 25 heavy (non-hydrogen) atoms. The second-order valence-corrected chi connectivity index (χ2v) is 6.48. The Kier molecular flexibility index (Phi) is 6.59. The number of hydrogen-bond donors (Lipinski definition) is 1. The summed E-state index contributed by atoms with van der Waals surface area (Å²) in [5, 5.41) is 3.03. The monoisotopic (exact) mass is 340 g/mol. The van der Waals surface area contributed by atoms with Gasteiger partial charge in [-0.1, -0.05) is 29.8 Å². The predicted molar refractivity (Wildman–Crippen MR) is 103 cm³/mol. The molecule has 4 heteroatoms. The van der Waals surface area contributed by atoms with Gasteiger partial charge in [-0.05, 0) is 64.1 Å². The fourth-order valence-electron chi connectivity index (χ4n) is 2.67. The zero-order valence-electron chi connectivity index (χ0n) is 15.8. The van der Waals surface area contributed by atoms with E-state index in [0.717, 1.165) is 22.6 Å². The number of carbonyl (C=O) groups excluding carboxylic acids is 1. The maximum Gasteiger partial charge on any atom is 0.241 e. The van der Waals surface area contributed by atoms with E-state index in [-0.39, 0.29) is 11.9 Å². The lowest BCUT2D eigenvalue weighted by Gasteiger charge is -2.24. The molecule has 0 saturated carbocycles. The van der Waals surface area contributed by atoms with Crippen LogP contribution in [0.25, 0.3) is 0 Å². The molecule has 0 aromatic heterocycles. The van der Waals surface area contributed by atoms with Crippen molar-refractivity contribution in [1.29, 1.82) is 0 Å². The Bertz CT molecular complexity index is 710.